The van der Waals surface area contributed by atoms with Crippen LogP contribution in [0.25, 0.3) is 5.69 Å². The maximum Gasteiger partial charge on any atom is 0.277 e. The molecule has 3 aromatic rings. The fourth-order valence-corrected chi connectivity index (χ4v) is 4.27. The van der Waals surface area contributed by atoms with E-state index in [0.29, 0.717) is 17.4 Å². The lowest BCUT2D eigenvalue weighted by Gasteiger charge is -2.16. The summed E-state index contributed by atoms with van der Waals surface area (Å²) in [6, 6.07) is 8.34. The lowest BCUT2D eigenvalue weighted by atomic mass is 9.95. The molecule has 2 aliphatic rings. The van der Waals surface area contributed by atoms with Crippen LogP contribution in [0.3, 0.4) is 0 Å². The van der Waals surface area contributed by atoms with Gasteiger partial charge >= 0.3 is 0 Å². The van der Waals surface area contributed by atoms with Crippen molar-refractivity contribution < 1.29 is 9.18 Å². The van der Waals surface area contributed by atoms with Crippen molar-refractivity contribution in [3.63, 3.8) is 0 Å². The Kier molecular flexibility index (Phi) is 4.45. The van der Waals surface area contributed by atoms with E-state index >= 15 is 0 Å². The molecule has 0 aliphatic heterocycles. The van der Waals surface area contributed by atoms with Crippen molar-refractivity contribution in [2.75, 3.05) is 5.32 Å². The van der Waals surface area contributed by atoms with Gasteiger partial charge in [0, 0.05) is 17.3 Å². The predicted octanol–water partition coefficient (Wildman–Crippen LogP) is 4.31. The lowest BCUT2D eigenvalue weighted by Crippen LogP contribution is -2.20. The largest absolute Gasteiger partial charge is 0.305 e. The predicted molar refractivity (Wildman–Crippen MR) is 108 cm³/mol. The molecule has 1 aromatic carbocycles. The number of halogens is 1. The van der Waals surface area contributed by atoms with Crippen LogP contribution < -0.4 is 5.32 Å². The summed E-state index contributed by atoms with van der Waals surface area (Å²) in [4.78, 5) is 13.2. The number of hydrogen-bond acceptors (Lipinski definition) is 3. The van der Waals surface area contributed by atoms with Gasteiger partial charge < -0.3 is 5.32 Å². The number of nitrogens with zero attached hydrogens (tertiary/aromatic N) is 4. The van der Waals surface area contributed by atoms with E-state index in [2.05, 4.69) is 22.4 Å². The van der Waals surface area contributed by atoms with E-state index in [4.69, 9.17) is 0 Å². The minimum absolute atomic E-state index is 0.214. The number of aromatic nitrogens is 4. The fourth-order valence-electron chi connectivity index (χ4n) is 4.27. The first kappa shape index (κ1) is 18.1. The van der Waals surface area contributed by atoms with Gasteiger partial charge in [-0.2, -0.15) is 10.2 Å². The molecule has 1 unspecified atom stereocenters. The molecular formula is C22H24FN5O. The smallest absolute Gasteiger partial charge is 0.277 e. The highest BCUT2D eigenvalue weighted by Gasteiger charge is 2.31. The number of rotatable bonds is 5. The molecule has 2 aromatic heterocycles. The Labute approximate surface area is 168 Å². The van der Waals surface area contributed by atoms with Gasteiger partial charge in [-0.15, -0.1) is 0 Å². The van der Waals surface area contributed by atoms with Crippen LogP contribution in [0, 0.1) is 11.7 Å². The molecule has 0 saturated heterocycles. The van der Waals surface area contributed by atoms with Crippen molar-refractivity contribution in [3.05, 3.63) is 59.3 Å². The van der Waals surface area contributed by atoms with E-state index in [1.54, 1.807) is 23.0 Å². The molecule has 1 atom stereocenters. The summed E-state index contributed by atoms with van der Waals surface area (Å²) in [5, 5.41) is 12.1. The van der Waals surface area contributed by atoms with Crippen molar-refractivity contribution in [2.24, 2.45) is 5.92 Å². The highest BCUT2D eigenvalue weighted by molar-refractivity contribution is 6.03. The molecule has 2 heterocycles. The Balaban J connectivity index is 1.47. The molecule has 1 N–H and O–H groups in total. The van der Waals surface area contributed by atoms with Gasteiger partial charge in [-0.1, -0.05) is 0 Å². The molecule has 6 nitrogen and oxygen atoms in total. The number of benzene rings is 1. The third-order valence-corrected chi connectivity index (χ3v) is 6.07. The topological polar surface area (TPSA) is 64.7 Å². The van der Waals surface area contributed by atoms with Crippen LogP contribution in [0.15, 0.2) is 36.5 Å². The molecule has 1 amide bonds. The van der Waals surface area contributed by atoms with Crippen molar-refractivity contribution in [3.8, 4) is 5.69 Å². The van der Waals surface area contributed by atoms with E-state index in [1.807, 2.05) is 10.7 Å². The number of amides is 1. The first-order chi connectivity index (χ1) is 14.1. The zero-order valence-corrected chi connectivity index (χ0v) is 16.4. The zero-order valence-electron chi connectivity index (χ0n) is 16.4. The second-order valence-electron chi connectivity index (χ2n) is 8.06. The zero-order chi connectivity index (χ0) is 20.0. The van der Waals surface area contributed by atoms with Crippen molar-refractivity contribution in [1.82, 2.24) is 19.6 Å². The van der Waals surface area contributed by atoms with Crippen LogP contribution in [0.1, 0.15) is 60.4 Å². The van der Waals surface area contributed by atoms with E-state index in [1.165, 1.54) is 25.0 Å². The molecule has 0 radical (unpaired) electrons. The summed E-state index contributed by atoms with van der Waals surface area (Å²) in [6.45, 7) is 2.14. The van der Waals surface area contributed by atoms with Gasteiger partial charge in [0.05, 0.1) is 17.9 Å². The molecule has 5 rings (SSSR count). The van der Waals surface area contributed by atoms with Crippen LogP contribution in [0.4, 0.5) is 10.2 Å². The second-order valence-corrected chi connectivity index (χ2v) is 8.06. The molecule has 7 heteroatoms. The van der Waals surface area contributed by atoms with Crippen molar-refractivity contribution >= 4 is 11.7 Å². The van der Waals surface area contributed by atoms with Crippen LogP contribution in [0.2, 0.25) is 0 Å². The molecule has 0 bridgehead atoms. The first-order valence-electron chi connectivity index (χ1n) is 10.3. The third-order valence-electron chi connectivity index (χ3n) is 6.07. The third kappa shape index (κ3) is 3.34. The van der Waals surface area contributed by atoms with Gasteiger partial charge in [0.2, 0.25) is 0 Å². The SMILES string of the molecule is CC(C1CC1)n1nccc1NC(=O)c1nn(-c2ccc(F)cc2)c2c1CCCC2. The van der Waals surface area contributed by atoms with E-state index in [0.717, 1.165) is 42.6 Å². The highest BCUT2D eigenvalue weighted by Crippen LogP contribution is 2.40. The van der Waals surface area contributed by atoms with Crippen LogP contribution >= 0.6 is 0 Å². The number of anilines is 1. The monoisotopic (exact) mass is 393 g/mol. The van der Waals surface area contributed by atoms with Gasteiger partial charge in [0.25, 0.3) is 5.91 Å². The number of nitrogens with one attached hydrogen (secondary N) is 1. The number of carbonyl (C=O) groups is 1. The molecule has 150 valence electrons. The Hall–Kier alpha value is -2.96. The van der Waals surface area contributed by atoms with Gasteiger partial charge in [-0.25, -0.2) is 13.8 Å². The molecular weight excluding hydrogens is 369 g/mol. The Morgan fingerprint density at radius 3 is 2.69 bits per heavy atom. The Morgan fingerprint density at radius 1 is 1.17 bits per heavy atom. The molecule has 1 saturated carbocycles. The van der Waals surface area contributed by atoms with Gasteiger partial charge in [-0.05, 0) is 75.6 Å². The number of hydrogen-bond donors (Lipinski definition) is 1. The summed E-state index contributed by atoms with van der Waals surface area (Å²) in [5.74, 6) is 0.839. The van der Waals surface area contributed by atoms with Crippen LogP contribution in [-0.4, -0.2) is 25.5 Å². The Morgan fingerprint density at radius 2 is 1.93 bits per heavy atom. The normalized spacial score (nSPS) is 17.0. The molecule has 0 spiro atoms. The van der Waals surface area contributed by atoms with E-state index in [-0.39, 0.29) is 17.8 Å². The minimum atomic E-state index is -0.286. The average molecular weight is 393 g/mol. The maximum absolute atomic E-state index is 13.3. The van der Waals surface area contributed by atoms with E-state index < -0.39 is 0 Å². The highest BCUT2D eigenvalue weighted by atomic mass is 19.1. The van der Waals surface area contributed by atoms with Gasteiger partial charge in [-0.3, -0.25) is 4.79 Å². The van der Waals surface area contributed by atoms with Crippen LogP contribution in [-0.2, 0) is 12.8 Å². The number of carbonyl (C=O) groups excluding carboxylic acids is 1. The van der Waals surface area contributed by atoms with E-state index in [9.17, 15) is 9.18 Å². The van der Waals surface area contributed by atoms with Gasteiger partial charge in [0.1, 0.15) is 11.6 Å². The van der Waals surface area contributed by atoms with Crippen molar-refractivity contribution in [1.29, 1.82) is 0 Å². The quantitative estimate of drug-likeness (QED) is 0.702. The molecule has 1 fully saturated rings. The fraction of sp³-hybridized carbons (Fsp3) is 0.409. The number of fused-ring (bicyclic) bond motifs is 1. The summed E-state index contributed by atoms with van der Waals surface area (Å²) in [6.07, 6.45) is 7.95. The summed E-state index contributed by atoms with van der Waals surface area (Å²) in [7, 11) is 0. The molecule has 29 heavy (non-hydrogen) atoms. The summed E-state index contributed by atoms with van der Waals surface area (Å²) in [5.41, 5.74) is 3.28. The summed E-state index contributed by atoms with van der Waals surface area (Å²) < 4.78 is 17.0. The lowest BCUT2D eigenvalue weighted by molar-refractivity contribution is 0.101. The Bertz CT molecular complexity index is 1050. The standard InChI is InChI=1S/C22H24FN5O/c1-14(15-6-7-15)27-20(12-13-24-27)25-22(29)21-18-4-2-3-5-19(18)28(26-21)17-10-8-16(23)9-11-17/h8-15H,2-7H2,1H3,(H,25,29). The first-order valence-corrected chi connectivity index (χ1v) is 10.3. The van der Waals surface area contributed by atoms with Crippen LogP contribution in [0.5, 0.6) is 0 Å². The second kappa shape index (κ2) is 7.13. The molecule has 2 aliphatic carbocycles. The summed E-state index contributed by atoms with van der Waals surface area (Å²) >= 11 is 0. The maximum atomic E-state index is 13.3. The average Bonchev–Trinajstić information content (AvgIpc) is 3.37. The van der Waals surface area contributed by atoms with Gasteiger partial charge in [0.15, 0.2) is 5.69 Å². The van der Waals surface area contributed by atoms with Crippen molar-refractivity contribution in [2.45, 2.75) is 51.5 Å². The minimum Gasteiger partial charge on any atom is -0.305 e.